The molecule has 0 bridgehead atoms. The summed E-state index contributed by atoms with van der Waals surface area (Å²) in [6, 6.07) is 13.9. The predicted octanol–water partition coefficient (Wildman–Crippen LogP) is 3.98. The van der Waals surface area contributed by atoms with Crippen LogP contribution in [0, 0.1) is 12.7 Å². The molecular formula is C23H24ClFN4O2. The van der Waals surface area contributed by atoms with Gasteiger partial charge in [0.05, 0.1) is 0 Å². The summed E-state index contributed by atoms with van der Waals surface area (Å²) in [7, 11) is 0. The maximum Gasteiger partial charge on any atom is 0.274 e. The highest BCUT2D eigenvalue weighted by Crippen LogP contribution is 2.22. The number of hydrogen-bond acceptors (Lipinski definition) is 4. The molecule has 1 saturated heterocycles. The molecule has 0 spiro atoms. The lowest BCUT2D eigenvalue weighted by Crippen LogP contribution is -2.48. The summed E-state index contributed by atoms with van der Waals surface area (Å²) in [6.45, 7) is 5.22. The lowest BCUT2D eigenvalue weighted by Gasteiger charge is -2.34. The normalized spacial score (nSPS) is 14.6. The van der Waals surface area contributed by atoms with Crippen LogP contribution in [-0.4, -0.2) is 51.7 Å². The van der Waals surface area contributed by atoms with Gasteiger partial charge in [0.2, 0.25) is 0 Å². The largest absolute Gasteiger partial charge is 0.471 e. The van der Waals surface area contributed by atoms with Gasteiger partial charge in [-0.2, -0.15) is 5.10 Å². The Morgan fingerprint density at radius 1 is 1.13 bits per heavy atom. The van der Waals surface area contributed by atoms with Crippen LogP contribution in [-0.2, 0) is 13.3 Å². The first-order valence-corrected chi connectivity index (χ1v) is 10.5. The first-order valence-electron chi connectivity index (χ1n) is 10.2. The van der Waals surface area contributed by atoms with E-state index < -0.39 is 0 Å². The van der Waals surface area contributed by atoms with Gasteiger partial charge in [-0.15, -0.1) is 0 Å². The topological polar surface area (TPSA) is 50.6 Å². The fraction of sp³-hybridized carbons (Fsp3) is 0.304. The van der Waals surface area contributed by atoms with E-state index in [1.807, 2.05) is 25.1 Å². The van der Waals surface area contributed by atoms with Crippen molar-refractivity contribution in [2.45, 2.75) is 20.2 Å². The zero-order chi connectivity index (χ0) is 21.8. The number of carbonyl (C=O) groups is 1. The van der Waals surface area contributed by atoms with E-state index in [0.717, 1.165) is 11.3 Å². The van der Waals surface area contributed by atoms with Gasteiger partial charge in [0, 0.05) is 49.5 Å². The van der Waals surface area contributed by atoms with Gasteiger partial charge in [0.25, 0.3) is 5.91 Å². The number of aryl methyl sites for hydroxylation is 1. The molecule has 0 aliphatic carbocycles. The Bertz CT molecular complexity index is 1060. The zero-order valence-corrected chi connectivity index (χ0v) is 18.1. The summed E-state index contributed by atoms with van der Waals surface area (Å²) in [5, 5.41) is 5.02. The molecule has 0 unspecified atom stereocenters. The van der Waals surface area contributed by atoms with Crippen LogP contribution in [0.3, 0.4) is 0 Å². The van der Waals surface area contributed by atoms with E-state index in [-0.39, 0.29) is 18.5 Å². The van der Waals surface area contributed by atoms with Gasteiger partial charge in [0.15, 0.2) is 12.4 Å². The number of aromatic nitrogens is 2. The summed E-state index contributed by atoms with van der Waals surface area (Å²) in [5.41, 5.74) is 2.00. The molecule has 8 heteroatoms. The van der Waals surface area contributed by atoms with Gasteiger partial charge in [-0.05, 0) is 42.8 Å². The second kappa shape index (κ2) is 9.49. The molecule has 31 heavy (non-hydrogen) atoms. The molecule has 0 atom stereocenters. The third kappa shape index (κ3) is 5.24. The molecule has 2 heterocycles. The zero-order valence-electron chi connectivity index (χ0n) is 17.3. The summed E-state index contributed by atoms with van der Waals surface area (Å²) in [6.07, 6.45) is 1.73. The molecule has 1 aliphatic heterocycles. The summed E-state index contributed by atoms with van der Waals surface area (Å²) in [4.78, 5) is 16.8. The molecule has 1 aliphatic rings. The Hall–Kier alpha value is -2.90. The average molecular weight is 443 g/mol. The molecule has 2 aromatic carbocycles. The molecule has 162 valence electrons. The molecule has 6 nitrogen and oxygen atoms in total. The summed E-state index contributed by atoms with van der Waals surface area (Å²) < 4.78 is 21.2. The quantitative estimate of drug-likeness (QED) is 0.579. The fourth-order valence-electron chi connectivity index (χ4n) is 3.60. The Kier molecular flexibility index (Phi) is 6.53. The Morgan fingerprint density at radius 3 is 2.65 bits per heavy atom. The van der Waals surface area contributed by atoms with Crippen LogP contribution in [0.1, 0.15) is 21.6 Å². The summed E-state index contributed by atoms with van der Waals surface area (Å²) in [5.74, 6) is 0.424. The number of piperazine rings is 1. The maximum atomic E-state index is 13.9. The minimum absolute atomic E-state index is 0.105. The highest BCUT2D eigenvalue weighted by molar-refractivity contribution is 6.30. The van der Waals surface area contributed by atoms with Crippen molar-refractivity contribution in [2.24, 2.45) is 0 Å². The lowest BCUT2D eigenvalue weighted by molar-refractivity contribution is 0.0619. The van der Waals surface area contributed by atoms with Crippen molar-refractivity contribution in [3.63, 3.8) is 0 Å². The maximum absolute atomic E-state index is 13.9. The molecule has 1 aromatic heterocycles. The lowest BCUT2D eigenvalue weighted by atomic mass is 10.2. The molecule has 0 N–H and O–H groups in total. The second-order valence-electron chi connectivity index (χ2n) is 7.58. The van der Waals surface area contributed by atoms with Crippen molar-refractivity contribution in [1.29, 1.82) is 0 Å². The van der Waals surface area contributed by atoms with Crippen molar-refractivity contribution >= 4 is 17.5 Å². The monoisotopic (exact) mass is 442 g/mol. The fourth-order valence-corrected chi connectivity index (χ4v) is 3.82. The Labute approximate surface area is 185 Å². The van der Waals surface area contributed by atoms with Crippen LogP contribution < -0.4 is 4.74 Å². The van der Waals surface area contributed by atoms with E-state index in [0.29, 0.717) is 49.0 Å². The number of rotatable bonds is 6. The highest BCUT2D eigenvalue weighted by Gasteiger charge is 2.24. The highest BCUT2D eigenvalue weighted by atomic mass is 35.5. The van der Waals surface area contributed by atoms with Crippen molar-refractivity contribution in [3.8, 4) is 5.75 Å². The molecule has 3 aromatic rings. The van der Waals surface area contributed by atoms with Crippen LogP contribution in [0.2, 0.25) is 5.02 Å². The Balaban J connectivity index is 1.29. The van der Waals surface area contributed by atoms with Crippen molar-refractivity contribution in [1.82, 2.24) is 19.6 Å². The van der Waals surface area contributed by atoms with E-state index >= 15 is 0 Å². The summed E-state index contributed by atoms with van der Waals surface area (Å²) >= 11 is 5.97. The molecule has 1 amide bonds. The van der Waals surface area contributed by atoms with Crippen molar-refractivity contribution < 1.29 is 13.9 Å². The van der Waals surface area contributed by atoms with Crippen LogP contribution in [0.5, 0.6) is 5.75 Å². The van der Waals surface area contributed by atoms with Gasteiger partial charge in [-0.3, -0.25) is 9.69 Å². The SMILES string of the molecule is Cc1cc(Cl)ccc1OCn1ccc(C(=O)N2CCN(Cc3ccccc3F)CC2)n1. The van der Waals surface area contributed by atoms with Crippen LogP contribution in [0.15, 0.2) is 54.7 Å². The third-order valence-corrected chi connectivity index (χ3v) is 5.60. The second-order valence-corrected chi connectivity index (χ2v) is 8.02. The molecule has 1 fully saturated rings. The first kappa shape index (κ1) is 21.3. The smallest absolute Gasteiger partial charge is 0.274 e. The van der Waals surface area contributed by atoms with E-state index in [9.17, 15) is 9.18 Å². The number of amides is 1. The van der Waals surface area contributed by atoms with Crippen molar-refractivity contribution in [3.05, 3.63) is 82.4 Å². The van der Waals surface area contributed by atoms with E-state index in [4.69, 9.17) is 16.3 Å². The molecule has 0 saturated carbocycles. The van der Waals surface area contributed by atoms with E-state index in [2.05, 4.69) is 10.00 Å². The van der Waals surface area contributed by atoms with Gasteiger partial charge in [0.1, 0.15) is 11.6 Å². The third-order valence-electron chi connectivity index (χ3n) is 5.36. The standard InChI is InChI=1S/C23H24ClFN4O2/c1-17-14-19(24)6-7-22(17)31-16-29-9-8-21(26-29)23(30)28-12-10-27(11-13-28)15-18-4-2-3-5-20(18)25/h2-9,14H,10-13,15-16H2,1H3. The van der Waals surface area contributed by atoms with E-state index in [1.54, 1.807) is 40.0 Å². The van der Waals surface area contributed by atoms with Crippen LogP contribution in [0.4, 0.5) is 4.39 Å². The number of halogens is 2. The van der Waals surface area contributed by atoms with Gasteiger partial charge in [-0.1, -0.05) is 29.8 Å². The Morgan fingerprint density at radius 2 is 1.90 bits per heavy atom. The van der Waals surface area contributed by atoms with Gasteiger partial charge in [-0.25, -0.2) is 9.07 Å². The van der Waals surface area contributed by atoms with E-state index in [1.165, 1.54) is 6.07 Å². The number of benzene rings is 2. The number of hydrogen-bond donors (Lipinski definition) is 0. The van der Waals surface area contributed by atoms with Crippen LogP contribution in [0.25, 0.3) is 0 Å². The predicted molar refractivity (Wildman–Crippen MR) is 117 cm³/mol. The van der Waals surface area contributed by atoms with Crippen molar-refractivity contribution in [2.75, 3.05) is 26.2 Å². The average Bonchev–Trinajstić information content (AvgIpc) is 3.24. The number of nitrogens with zero attached hydrogens (tertiary/aromatic N) is 4. The molecular weight excluding hydrogens is 419 g/mol. The van der Waals surface area contributed by atoms with Gasteiger partial charge >= 0.3 is 0 Å². The number of carbonyl (C=O) groups excluding carboxylic acids is 1. The first-order chi connectivity index (χ1) is 15.0. The number of ether oxygens (including phenoxy) is 1. The molecule has 0 radical (unpaired) electrons. The minimum Gasteiger partial charge on any atom is -0.471 e. The van der Waals surface area contributed by atoms with Gasteiger partial charge < -0.3 is 9.64 Å². The minimum atomic E-state index is -0.192. The van der Waals surface area contributed by atoms with Crippen LogP contribution >= 0.6 is 11.6 Å². The molecule has 4 rings (SSSR count).